The van der Waals surface area contributed by atoms with Gasteiger partial charge in [-0.15, -0.1) is 0 Å². The number of ether oxygens (including phenoxy) is 2. The Balaban J connectivity index is 1.89. The first kappa shape index (κ1) is 22.7. The zero-order valence-electron chi connectivity index (χ0n) is 17.8. The highest BCUT2D eigenvalue weighted by Crippen LogP contribution is 2.27. The molecule has 1 atom stereocenters. The van der Waals surface area contributed by atoms with Crippen molar-refractivity contribution in [3.8, 4) is 11.5 Å². The van der Waals surface area contributed by atoms with Crippen LogP contribution in [-0.4, -0.2) is 37.8 Å². The molecule has 0 spiro atoms. The Morgan fingerprint density at radius 1 is 1.00 bits per heavy atom. The molecule has 0 aromatic heterocycles. The molecule has 0 radical (unpaired) electrons. The Morgan fingerprint density at radius 2 is 1.67 bits per heavy atom. The smallest absolute Gasteiger partial charge is 0.263 e. The Labute approximate surface area is 176 Å². The first-order valence-corrected chi connectivity index (χ1v) is 9.41. The van der Waals surface area contributed by atoms with Crippen molar-refractivity contribution in [1.29, 1.82) is 0 Å². The van der Waals surface area contributed by atoms with Gasteiger partial charge in [0.05, 0.1) is 19.9 Å². The minimum absolute atomic E-state index is 0.135. The molecule has 1 unspecified atom stereocenters. The Bertz CT molecular complexity index is 909. The van der Waals surface area contributed by atoms with E-state index in [1.807, 2.05) is 18.2 Å². The Hall–Kier alpha value is -3.55. The van der Waals surface area contributed by atoms with Crippen molar-refractivity contribution in [1.82, 2.24) is 5.32 Å². The SMILES string of the molecule is COc1ccc(CNC(=O)C(C)ON=C(C)c2ccc(NC(C)=O)cc2)cc1OC. The lowest BCUT2D eigenvalue weighted by atomic mass is 10.1. The van der Waals surface area contributed by atoms with Crippen LogP contribution in [-0.2, 0) is 21.0 Å². The van der Waals surface area contributed by atoms with Gasteiger partial charge < -0.3 is 24.9 Å². The monoisotopic (exact) mass is 413 g/mol. The van der Waals surface area contributed by atoms with E-state index in [4.69, 9.17) is 14.3 Å². The highest BCUT2D eigenvalue weighted by molar-refractivity contribution is 5.99. The van der Waals surface area contributed by atoms with Gasteiger partial charge in [-0.25, -0.2) is 0 Å². The largest absolute Gasteiger partial charge is 0.493 e. The summed E-state index contributed by atoms with van der Waals surface area (Å²) in [5.74, 6) is 0.796. The number of nitrogens with zero attached hydrogens (tertiary/aromatic N) is 1. The third-order valence-corrected chi connectivity index (χ3v) is 4.25. The molecule has 0 aliphatic rings. The van der Waals surface area contributed by atoms with Crippen LogP contribution in [0.3, 0.4) is 0 Å². The second kappa shape index (κ2) is 10.8. The topological polar surface area (TPSA) is 98.3 Å². The first-order chi connectivity index (χ1) is 14.3. The lowest BCUT2D eigenvalue weighted by molar-refractivity contribution is -0.131. The standard InChI is InChI=1S/C22H27N3O5/c1-14(18-7-9-19(10-8-18)24-16(3)26)25-30-15(2)22(27)23-13-17-6-11-20(28-4)21(12-17)29-5/h6-12,15H,13H2,1-5H3,(H,23,27)(H,24,26). The molecule has 8 heteroatoms. The third-order valence-electron chi connectivity index (χ3n) is 4.25. The number of nitrogens with one attached hydrogen (secondary N) is 2. The number of oxime groups is 1. The highest BCUT2D eigenvalue weighted by Gasteiger charge is 2.14. The van der Waals surface area contributed by atoms with E-state index in [-0.39, 0.29) is 11.8 Å². The van der Waals surface area contributed by atoms with Crippen LogP contribution in [0.25, 0.3) is 0 Å². The van der Waals surface area contributed by atoms with Gasteiger partial charge in [0.15, 0.2) is 11.5 Å². The molecule has 2 rings (SSSR count). The summed E-state index contributed by atoms with van der Waals surface area (Å²) in [6.07, 6.45) is -0.765. The minimum Gasteiger partial charge on any atom is -0.493 e. The molecule has 2 aromatic rings. The van der Waals surface area contributed by atoms with Crippen molar-refractivity contribution in [3.63, 3.8) is 0 Å². The number of hydrogen-bond acceptors (Lipinski definition) is 6. The van der Waals surface area contributed by atoms with Gasteiger partial charge in [0.1, 0.15) is 0 Å². The van der Waals surface area contributed by atoms with Gasteiger partial charge in [-0.3, -0.25) is 9.59 Å². The molecular formula is C22H27N3O5. The number of benzene rings is 2. The summed E-state index contributed by atoms with van der Waals surface area (Å²) in [4.78, 5) is 28.7. The van der Waals surface area contributed by atoms with Crippen molar-refractivity contribution in [2.75, 3.05) is 19.5 Å². The number of methoxy groups -OCH3 is 2. The molecule has 0 aliphatic carbocycles. The number of rotatable bonds is 9. The van der Waals surface area contributed by atoms with E-state index in [1.165, 1.54) is 6.92 Å². The van der Waals surface area contributed by atoms with Crippen LogP contribution in [0.1, 0.15) is 31.9 Å². The fraction of sp³-hybridized carbons (Fsp3) is 0.318. The van der Waals surface area contributed by atoms with E-state index >= 15 is 0 Å². The van der Waals surface area contributed by atoms with Gasteiger partial charge >= 0.3 is 0 Å². The summed E-state index contributed by atoms with van der Waals surface area (Å²) in [6, 6.07) is 12.6. The first-order valence-electron chi connectivity index (χ1n) is 9.41. The number of hydrogen-bond donors (Lipinski definition) is 2. The van der Waals surface area contributed by atoms with E-state index in [0.29, 0.717) is 29.4 Å². The van der Waals surface area contributed by atoms with Crippen molar-refractivity contribution < 1.29 is 23.9 Å². The molecule has 30 heavy (non-hydrogen) atoms. The van der Waals surface area contributed by atoms with E-state index in [9.17, 15) is 9.59 Å². The average molecular weight is 413 g/mol. The lowest BCUT2D eigenvalue weighted by Crippen LogP contribution is -2.33. The van der Waals surface area contributed by atoms with Gasteiger partial charge in [0.2, 0.25) is 12.0 Å². The molecule has 2 aromatic carbocycles. The zero-order valence-corrected chi connectivity index (χ0v) is 17.8. The molecule has 0 saturated heterocycles. The second-order valence-electron chi connectivity index (χ2n) is 6.59. The normalized spacial score (nSPS) is 12.0. The number of carbonyl (C=O) groups excluding carboxylic acids is 2. The van der Waals surface area contributed by atoms with Crippen LogP contribution >= 0.6 is 0 Å². The van der Waals surface area contributed by atoms with Gasteiger partial charge in [0, 0.05) is 19.2 Å². The molecule has 0 saturated carbocycles. The van der Waals surface area contributed by atoms with Crippen LogP contribution < -0.4 is 20.1 Å². The maximum Gasteiger partial charge on any atom is 0.263 e. The van der Waals surface area contributed by atoms with Crippen molar-refractivity contribution in [2.45, 2.75) is 33.4 Å². The summed E-state index contributed by atoms with van der Waals surface area (Å²) < 4.78 is 10.5. The van der Waals surface area contributed by atoms with E-state index in [1.54, 1.807) is 52.3 Å². The van der Waals surface area contributed by atoms with Gasteiger partial charge in [-0.1, -0.05) is 23.4 Å². The van der Waals surface area contributed by atoms with Gasteiger partial charge in [0.25, 0.3) is 5.91 Å². The van der Waals surface area contributed by atoms with Crippen molar-refractivity contribution in [2.24, 2.45) is 5.16 Å². The Kier molecular flexibility index (Phi) is 8.22. The fourth-order valence-electron chi connectivity index (χ4n) is 2.58. The molecule has 0 bridgehead atoms. The number of anilines is 1. The lowest BCUT2D eigenvalue weighted by Gasteiger charge is -2.13. The second-order valence-corrected chi connectivity index (χ2v) is 6.59. The predicted molar refractivity (Wildman–Crippen MR) is 115 cm³/mol. The van der Waals surface area contributed by atoms with Gasteiger partial charge in [-0.05, 0) is 49.2 Å². The number of carbonyl (C=O) groups is 2. The molecule has 2 amide bonds. The minimum atomic E-state index is -0.765. The van der Waals surface area contributed by atoms with Gasteiger partial charge in [-0.2, -0.15) is 0 Å². The van der Waals surface area contributed by atoms with Crippen molar-refractivity contribution in [3.05, 3.63) is 53.6 Å². The highest BCUT2D eigenvalue weighted by atomic mass is 16.6. The average Bonchev–Trinajstić information content (AvgIpc) is 2.75. The maximum absolute atomic E-state index is 12.3. The molecule has 0 fully saturated rings. The summed E-state index contributed by atoms with van der Waals surface area (Å²) in [6.45, 7) is 5.18. The maximum atomic E-state index is 12.3. The summed E-state index contributed by atoms with van der Waals surface area (Å²) >= 11 is 0. The van der Waals surface area contributed by atoms with Crippen LogP contribution in [0.5, 0.6) is 11.5 Å². The zero-order chi connectivity index (χ0) is 22.1. The van der Waals surface area contributed by atoms with Crippen molar-refractivity contribution >= 4 is 23.2 Å². The summed E-state index contributed by atoms with van der Waals surface area (Å²) in [5, 5.41) is 9.55. The molecular weight excluding hydrogens is 386 g/mol. The molecule has 0 heterocycles. The van der Waals surface area contributed by atoms with Crippen LogP contribution in [0, 0.1) is 0 Å². The number of amides is 2. The van der Waals surface area contributed by atoms with Crippen LogP contribution in [0.4, 0.5) is 5.69 Å². The molecule has 0 aliphatic heterocycles. The Morgan fingerprint density at radius 3 is 2.27 bits per heavy atom. The van der Waals surface area contributed by atoms with E-state index in [2.05, 4.69) is 15.8 Å². The van der Waals surface area contributed by atoms with Crippen LogP contribution in [0.15, 0.2) is 47.6 Å². The van der Waals surface area contributed by atoms with E-state index < -0.39 is 6.10 Å². The summed E-state index contributed by atoms with van der Waals surface area (Å²) in [5.41, 5.74) is 3.00. The fourth-order valence-corrected chi connectivity index (χ4v) is 2.58. The van der Waals surface area contributed by atoms with E-state index in [0.717, 1.165) is 11.1 Å². The quantitative estimate of drug-likeness (QED) is 0.486. The third kappa shape index (κ3) is 6.51. The molecule has 160 valence electrons. The molecule has 8 nitrogen and oxygen atoms in total. The van der Waals surface area contributed by atoms with Crippen LogP contribution in [0.2, 0.25) is 0 Å². The predicted octanol–water partition coefficient (Wildman–Crippen LogP) is 3.11. The summed E-state index contributed by atoms with van der Waals surface area (Å²) in [7, 11) is 3.13. The molecule has 2 N–H and O–H groups in total.